The van der Waals surface area contributed by atoms with E-state index in [-0.39, 0.29) is 5.75 Å². The smallest absolute Gasteiger partial charge is 0.167 e. The molecule has 0 aliphatic rings. The van der Waals surface area contributed by atoms with Crippen LogP contribution in [-0.2, 0) is 0 Å². The molecule has 3 nitrogen and oxygen atoms in total. The lowest BCUT2D eigenvalue weighted by molar-refractivity contribution is 0.386. The number of pyridine rings is 1. The molecule has 16 heavy (non-hydrogen) atoms. The molecule has 4 heteroatoms. The van der Waals surface area contributed by atoms with Crippen molar-refractivity contribution in [3.63, 3.8) is 0 Å². The van der Waals surface area contributed by atoms with E-state index < -0.39 is 5.82 Å². The van der Waals surface area contributed by atoms with Gasteiger partial charge in [-0.05, 0) is 24.3 Å². The molecule has 2 aromatic rings. The van der Waals surface area contributed by atoms with Crippen molar-refractivity contribution >= 4 is 11.4 Å². The van der Waals surface area contributed by atoms with Crippen LogP contribution in [0.5, 0.6) is 5.75 Å². The maximum Gasteiger partial charge on any atom is 0.167 e. The van der Waals surface area contributed by atoms with Crippen molar-refractivity contribution in [1.29, 1.82) is 0 Å². The zero-order valence-corrected chi connectivity index (χ0v) is 8.77. The fourth-order valence-electron chi connectivity index (χ4n) is 1.35. The Balaban J connectivity index is 2.20. The third kappa shape index (κ3) is 2.28. The summed E-state index contributed by atoms with van der Waals surface area (Å²) in [5, 5.41) is 3.04. The molecular formula is C12H11FN2O. The molecule has 0 amide bonds. The molecule has 0 unspecified atom stereocenters. The highest BCUT2D eigenvalue weighted by molar-refractivity contribution is 5.59. The van der Waals surface area contributed by atoms with Crippen LogP contribution in [0.1, 0.15) is 0 Å². The van der Waals surface area contributed by atoms with Crippen LogP contribution in [0, 0.1) is 5.82 Å². The molecule has 1 N–H and O–H groups in total. The lowest BCUT2D eigenvalue weighted by Gasteiger charge is -2.07. The van der Waals surface area contributed by atoms with Gasteiger partial charge in [0.15, 0.2) is 11.6 Å². The number of rotatable bonds is 3. The molecule has 0 fully saturated rings. The van der Waals surface area contributed by atoms with E-state index in [9.17, 15) is 4.39 Å². The van der Waals surface area contributed by atoms with Gasteiger partial charge in [0, 0.05) is 18.0 Å². The highest BCUT2D eigenvalue weighted by Crippen LogP contribution is 2.22. The third-order valence-corrected chi connectivity index (χ3v) is 2.10. The van der Waals surface area contributed by atoms with Gasteiger partial charge >= 0.3 is 0 Å². The van der Waals surface area contributed by atoms with E-state index >= 15 is 0 Å². The molecule has 1 aromatic heterocycles. The monoisotopic (exact) mass is 218 g/mol. The number of halogens is 1. The summed E-state index contributed by atoms with van der Waals surface area (Å²) in [5.74, 6) is -0.159. The molecule has 0 aliphatic heterocycles. The van der Waals surface area contributed by atoms with Crippen LogP contribution in [0.2, 0.25) is 0 Å². The number of hydrogen-bond acceptors (Lipinski definition) is 3. The second-order valence-electron chi connectivity index (χ2n) is 3.22. The lowest BCUT2D eigenvalue weighted by atomic mass is 10.2. The second-order valence-corrected chi connectivity index (χ2v) is 3.22. The number of aromatic nitrogens is 1. The molecule has 1 heterocycles. The zero-order valence-electron chi connectivity index (χ0n) is 8.77. The first-order valence-corrected chi connectivity index (χ1v) is 4.80. The van der Waals surface area contributed by atoms with Gasteiger partial charge < -0.3 is 10.1 Å². The van der Waals surface area contributed by atoms with Gasteiger partial charge in [-0.2, -0.15) is 0 Å². The molecule has 0 aliphatic carbocycles. The second kappa shape index (κ2) is 4.61. The molecule has 0 radical (unpaired) electrons. The lowest BCUT2D eigenvalue weighted by Crippen LogP contribution is -1.93. The van der Waals surface area contributed by atoms with E-state index in [0.29, 0.717) is 5.69 Å². The predicted octanol–water partition coefficient (Wildman–Crippen LogP) is 2.97. The first kappa shape index (κ1) is 10.4. The molecular weight excluding hydrogens is 207 g/mol. The van der Waals surface area contributed by atoms with Crippen LogP contribution in [0.3, 0.4) is 0 Å². The zero-order chi connectivity index (χ0) is 11.4. The topological polar surface area (TPSA) is 34.1 Å². The van der Waals surface area contributed by atoms with Crippen molar-refractivity contribution in [3.05, 3.63) is 48.5 Å². The SMILES string of the molecule is COc1ccc(Nc2cccnc2)cc1F. The molecule has 0 saturated carbocycles. The Morgan fingerprint density at radius 1 is 1.25 bits per heavy atom. The Morgan fingerprint density at radius 2 is 2.12 bits per heavy atom. The maximum absolute atomic E-state index is 13.4. The van der Waals surface area contributed by atoms with Crippen molar-refractivity contribution < 1.29 is 9.13 Å². The number of benzene rings is 1. The summed E-state index contributed by atoms with van der Waals surface area (Å²) >= 11 is 0. The van der Waals surface area contributed by atoms with Gasteiger partial charge in [-0.1, -0.05) is 0 Å². The van der Waals surface area contributed by atoms with Crippen molar-refractivity contribution in [3.8, 4) is 5.75 Å². The molecule has 1 aromatic carbocycles. The van der Waals surface area contributed by atoms with Crippen LogP contribution in [0.15, 0.2) is 42.7 Å². The van der Waals surface area contributed by atoms with Gasteiger partial charge in [0.25, 0.3) is 0 Å². The summed E-state index contributed by atoms with van der Waals surface area (Å²) < 4.78 is 18.2. The minimum absolute atomic E-state index is 0.233. The number of hydrogen-bond donors (Lipinski definition) is 1. The van der Waals surface area contributed by atoms with Crippen LogP contribution >= 0.6 is 0 Å². The van der Waals surface area contributed by atoms with Gasteiger partial charge in [0.1, 0.15) is 0 Å². The molecule has 2 rings (SSSR count). The number of anilines is 2. The van der Waals surface area contributed by atoms with E-state index in [0.717, 1.165) is 5.69 Å². The maximum atomic E-state index is 13.4. The molecule has 0 spiro atoms. The Hall–Kier alpha value is -2.10. The number of nitrogens with one attached hydrogen (secondary N) is 1. The highest BCUT2D eigenvalue weighted by Gasteiger charge is 2.03. The van der Waals surface area contributed by atoms with Gasteiger partial charge in [0.2, 0.25) is 0 Å². The average Bonchev–Trinajstić information content (AvgIpc) is 2.31. The Bertz CT molecular complexity index is 474. The number of methoxy groups -OCH3 is 1. The van der Waals surface area contributed by atoms with E-state index in [1.807, 2.05) is 12.1 Å². The van der Waals surface area contributed by atoms with Gasteiger partial charge in [-0.25, -0.2) is 4.39 Å². The largest absolute Gasteiger partial charge is 0.494 e. The molecule has 0 saturated heterocycles. The molecule has 82 valence electrons. The van der Waals surface area contributed by atoms with Gasteiger partial charge in [0.05, 0.1) is 19.0 Å². The van der Waals surface area contributed by atoms with Crippen molar-refractivity contribution in [2.24, 2.45) is 0 Å². The fraction of sp³-hybridized carbons (Fsp3) is 0.0833. The standard InChI is InChI=1S/C12H11FN2O/c1-16-12-5-4-9(7-11(12)13)15-10-3-2-6-14-8-10/h2-8,15H,1H3. The van der Waals surface area contributed by atoms with Crippen molar-refractivity contribution in [2.45, 2.75) is 0 Å². The van der Waals surface area contributed by atoms with Crippen molar-refractivity contribution in [1.82, 2.24) is 4.98 Å². The predicted molar refractivity (Wildman–Crippen MR) is 60.5 cm³/mol. The van der Waals surface area contributed by atoms with Crippen LogP contribution in [0.25, 0.3) is 0 Å². The Labute approximate surface area is 92.9 Å². The summed E-state index contributed by atoms with van der Waals surface area (Å²) in [6, 6.07) is 8.37. The minimum atomic E-state index is -0.392. The fourth-order valence-corrected chi connectivity index (χ4v) is 1.35. The van der Waals surface area contributed by atoms with Crippen molar-refractivity contribution in [2.75, 3.05) is 12.4 Å². The summed E-state index contributed by atoms with van der Waals surface area (Å²) in [7, 11) is 1.44. The highest BCUT2D eigenvalue weighted by atomic mass is 19.1. The minimum Gasteiger partial charge on any atom is -0.494 e. The van der Waals surface area contributed by atoms with E-state index in [1.165, 1.54) is 13.2 Å². The van der Waals surface area contributed by atoms with E-state index in [2.05, 4.69) is 10.3 Å². The van der Waals surface area contributed by atoms with Crippen LogP contribution in [-0.4, -0.2) is 12.1 Å². The van der Waals surface area contributed by atoms with Gasteiger partial charge in [-0.3, -0.25) is 4.98 Å². The number of ether oxygens (including phenoxy) is 1. The van der Waals surface area contributed by atoms with E-state index in [1.54, 1.807) is 24.5 Å². The van der Waals surface area contributed by atoms with E-state index in [4.69, 9.17) is 4.74 Å². The average molecular weight is 218 g/mol. The summed E-state index contributed by atoms with van der Waals surface area (Å²) in [4.78, 5) is 3.96. The summed E-state index contributed by atoms with van der Waals surface area (Å²) in [6.45, 7) is 0. The molecule has 0 atom stereocenters. The summed E-state index contributed by atoms with van der Waals surface area (Å²) in [6.07, 6.45) is 3.35. The molecule has 0 bridgehead atoms. The van der Waals surface area contributed by atoms with Gasteiger partial charge in [-0.15, -0.1) is 0 Å². The van der Waals surface area contributed by atoms with Crippen LogP contribution in [0.4, 0.5) is 15.8 Å². The quantitative estimate of drug-likeness (QED) is 0.859. The Kier molecular flexibility index (Phi) is 3.00. The normalized spacial score (nSPS) is 9.88. The first-order chi connectivity index (χ1) is 7.79. The third-order valence-electron chi connectivity index (χ3n) is 2.10. The van der Waals surface area contributed by atoms with Crippen LogP contribution < -0.4 is 10.1 Å². The summed E-state index contributed by atoms with van der Waals surface area (Å²) in [5.41, 5.74) is 1.47. The number of nitrogens with zero attached hydrogens (tertiary/aromatic N) is 1. The first-order valence-electron chi connectivity index (χ1n) is 4.80. The Morgan fingerprint density at radius 3 is 2.75 bits per heavy atom.